The van der Waals surface area contributed by atoms with E-state index in [9.17, 15) is 14.7 Å². The molecule has 1 amide bonds. The molecule has 148 valence electrons. The number of nitrogens with zero attached hydrogens (tertiary/aromatic N) is 1. The first-order valence-corrected chi connectivity index (χ1v) is 9.94. The Morgan fingerprint density at radius 3 is 2.26 bits per heavy atom. The van der Waals surface area contributed by atoms with Crippen LogP contribution in [-0.2, 0) is 15.1 Å². The molecule has 1 aromatic rings. The Hall–Kier alpha value is -2.08. The molecule has 1 aromatic carbocycles. The van der Waals surface area contributed by atoms with E-state index in [1.807, 2.05) is 18.2 Å². The number of carbonyl (C=O) groups is 2. The third-order valence-electron chi connectivity index (χ3n) is 6.06. The third-order valence-corrected chi connectivity index (χ3v) is 6.06. The molecule has 1 saturated heterocycles. The molecule has 6 nitrogen and oxygen atoms in total. The standard InChI is InChI=1S/C21H29NO5/c23-19(27-15-16-11-13-22(14-12-16)20(24)25)21(26,17-7-3-1-4-8-17)18-9-5-2-6-10-18/h1,3-4,7-8,16,18,26H,2,5-6,9-15H2,(H,24,25). The van der Waals surface area contributed by atoms with Gasteiger partial charge in [-0.05, 0) is 37.2 Å². The molecule has 3 rings (SSSR count). The van der Waals surface area contributed by atoms with Gasteiger partial charge in [0.25, 0.3) is 0 Å². The number of amides is 1. The van der Waals surface area contributed by atoms with Gasteiger partial charge in [0.1, 0.15) is 0 Å². The van der Waals surface area contributed by atoms with Crippen LogP contribution in [0.2, 0.25) is 0 Å². The van der Waals surface area contributed by atoms with Crippen molar-refractivity contribution >= 4 is 12.1 Å². The number of benzene rings is 1. The van der Waals surface area contributed by atoms with Crippen LogP contribution < -0.4 is 0 Å². The quantitative estimate of drug-likeness (QED) is 0.771. The zero-order chi connectivity index (χ0) is 19.3. The van der Waals surface area contributed by atoms with Crippen molar-refractivity contribution in [1.82, 2.24) is 4.90 Å². The molecule has 1 heterocycles. The molecule has 6 heteroatoms. The number of piperidine rings is 1. The number of hydrogen-bond donors (Lipinski definition) is 2. The van der Waals surface area contributed by atoms with E-state index in [-0.39, 0.29) is 18.4 Å². The second-order valence-corrected chi connectivity index (χ2v) is 7.78. The summed E-state index contributed by atoms with van der Waals surface area (Å²) in [6, 6.07) is 9.12. The summed E-state index contributed by atoms with van der Waals surface area (Å²) < 4.78 is 5.60. The zero-order valence-corrected chi connectivity index (χ0v) is 15.7. The Bertz CT molecular complexity index is 635. The lowest BCUT2D eigenvalue weighted by atomic mass is 9.73. The molecule has 0 aromatic heterocycles. The van der Waals surface area contributed by atoms with E-state index >= 15 is 0 Å². The van der Waals surface area contributed by atoms with E-state index in [0.717, 1.165) is 32.1 Å². The number of likely N-dealkylation sites (tertiary alicyclic amines) is 1. The van der Waals surface area contributed by atoms with Gasteiger partial charge in [0.05, 0.1) is 6.61 Å². The maximum Gasteiger partial charge on any atom is 0.407 e. The lowest BCUT2D eigenvalue weighted by molar-refractivity contribution is -0.177. The SMILES string of the molecule is O=C(O)N1CCC(COC(=O)C(O)(c2ccccc2)C2CCCCC2)CC1. The third kappa shape index (κ3) is 4.43. The average molecular weight is 375 g/mol. The number of rotatable bonds is 5. The Labute approximate surface area is 160 Å². The van der Waals surface area contributed by atoms with Gasteiger partial charge in [-0.3, -0.25) is 0 Å². The summed E-state index contributed by atoms with van der Waals surface area (Å²) in [5.41, 5.74) is -1.01. The van der Waals surface area contributed by atoms with Crippen molar-refractivity contribution in [2.75, 3.05) is 19.7 Å². The Balaban J connectivity index is 1.66. The molecule has 27 heavy (non-hydrogen) atoms. The molecule has 2 fully saturated rings. The first-order valence-electron chi connectivity index (χ1n) is 9.94. The fourth-order valence-corrected chi connectivity index (χ4v) is 4.33. The monoisotopic (exact) mass is 375 g/mol. The summed E-state index contributed by atoms with van der Waals surface area (Å²) in [6.07, 6.45) is 5.25. The molecule has 1 aliphatic heterocycles. The van der Waals surface area contributed by atoms with Crippen molar-refractivity contribution in [3.8, 4) is 0 Å². The maximum atomic E-state index is 13.0. The topological polar surface area (TPSA) is 87.1 Å². The van der Waals surface area contributed by atoms with Crippen molar-refractivity contribution in [2.24, 2.45) is 11.8 Å². The van der Waals surface area contributed by atoms with E-state index in [1.54, 1.807) is 12.1 Å². The molecule has 1 aliphatic carbocycles. The highest BCUT2D eigenvalue weighted by Gasteiger charge is 2.47. The van der Waals surface area contributed by atoms with E-state index in [4.69, 9.17) is 9.84 Å². The van der Waals surface area contributed by atoms with Crippen LogP contribution in [0.3, 0.4) is 0 Å². The summed E-state index contributed by atoms with van der Waals surface area (Å²) in [5.74, 6) is -0.563. The van der Waals surface area contributed by atoms with E-state index < -0.39 is 17.7 Å². The first-order chi connectivity index (χ1) is 13.0. The molecule has 1 saturated carbocycles. The summed E-state index contributed by atoms with van der Waals surface area (Å²) in [5, 5.41) is 20.5. The predicted molar refractivity (Wildman–Crippen MR) is 100 cm³/mol. The summed E-state index contributed by atoms with van der Waals surface area (Å²) >= 11 is 0. The molecular weight excluding hydrogens is 346 g/mol. The average Bonchev–Trinajstić information content (AvgIpc) is 2.73. The maximum absolute atomic E-state index is 13.0. The van der Waals surface area contributed by atoms with Gasteiger partial charge in [-0.1, -0.05) is 49.6 Å². The Kier molecular flexibility index (Phi) is 6.37. The van der Waals surface area contributed by atoms with E-state index in [1.165, 1.54) is 4.90 Å². The van der Waals surface area contributed by atoms with E-state index in [2.05, 4.69) is 0 Å². The second kappa shape index (κ2) is 8.74. The molecule has 1 atom stereocenters. The lowest BCUT2D eigenvalue weighted by Crippen LogP contribution is -2.46. The number of ether oxygens (including phenoxy) is 1. The van der Waals surface area contributed by atoms with Crippen molar-refractivity contribution < 1.29 is 24.5 Å². The molecule has 0 bridgehead atoms. The number of aliphatic hydroxyl groups is 1. The van der Waals surface area contributed by atoms with Gasteiger partial charge in [-0.15, -0.1) is 0 Å². The largest absolute Gasteiger partial charge is 0.465 e. The van der Waals surface area contributed by atoms with E-state index in [0.29, 0.717) is 31.5 Å². The van der Waals surface area contributed by atoms with Crippen LogP contribution in [0.1, 0.15) is 50.5 Å². The van der Waals surface area contributed by atoms with Crippen LogP contribution in [0, 0.1) is 11.8 Å². The minimum absolute atomic E-state index is 0.130. The van der Waals surface area contributed by atoms with Crippen molar-refractivity contribution in [2.45, 2.75) is 50.5 Å². The van der Waals surface area contributed by atoms with Crippen LogP contribution in [0.5, 0.6) is 0 Å². The van der Waals surface area contributed by atoms with Crippen LogP contribution in [0.4, 0.5) is 4.79 Å². The van der Waals surface area contributed by atoms with Crippen LogP contribution in [-0.4, -0.2) is 46.9 Å². The lowest BCUT2D eigenvalue weighted by Gasteiger charge is -2.37. The molecule has 0 spiro atoms. The van der Waals surface area contributed by atoms with Crippen LogP contribution in [0.25, 0.3) is 0 Å². The Morgan fingerprint density at radius 2 is 1.67 bits per heavy atom. The number of carboxylic acid groups (broad SMARTS) is 1. The normalized spacial score (nSPS) is 21.4. The molecule has 1 unspecified atom stereocenters. The fourth-order valence-electron chi connectivity index (χ4n) is 4.33. The molecule has 2 aliphatic rings. The van der Waals surface area contributed by atoms with Gasteiger partial charge in [0, 0.05) is 19.0 Å². The minimum atomic E-state index is -1.61. The zero-order valence-electron chi connectivity index (χ0n) is 15.7. The first kappa shape index (κ1) is 19.7. The summed E-state index contributed by atoms with van der Waals surface area (Å²) in [4.78, 5) is 25.4. The fraction of sp³-hybridized carbons (Fsp3) is 0.619. The second-order valence-electron chi connectivity index (χ2n) is 7.78. The highest BCUT2D eigenvalue weighted by molar-refractivity contribution is 5.81. The van der Waals surface area contributed by atoms with Crippen LogP contribution in [0.15, 0.2) is 30.3 Å². The number of carbonyl (C=O) groups excluding carboxylic acids is 1. The minimum Gasteiger partial charge on any atom is -0.465 e. The van der Waals surface area contributed by atoms with Gasteiger partial charge in [-0.25, -0.2) is 9.59 Å². The summed E-state index contributed by atoms with van der Waals surface area (Å²) in [6.45, 7) is 1.15. The van der Waals surface area contributed by atoms with Gasteiger partial charge < -0.3 is 19.8 Å². The van der Waals surface area contributed by atoms with Gasteiger partial charge >= 0.3 is 12.1 Å². The molecule has 2 N–H and O–H groups in total. The molecule has 0 radical (unpaired) electrons. The van der Waals surface area contributed by atoms with Crippen molar-refractivity contribution in [1.29, 1.82) is 0 Å². The Morgan fingerprint density at radius 1 is 1.04 bits per heavy atom. The predicted octanol–water partition coefficient (Wildman–Crippen LogP) is 3.39. The van der Waals surface area contributed by atoms with Crippen molar-refractivity contribution in [3.05, 3.63) is 35.9 Å². The highest BCUT2D eigenvalue weighted by Crippen LogP contribution is 2.40. The van der Waals surface area contributed by atoms with Gasteiger partial charge in [0.2, 0.25) is 0 Å². The smallest absolute Gasteiger partial charge is 0.407 e. The van der Waals surface area contributed by atoms with Gasteiger partial charge in [-0.2, -0.15) is 0 Å². The highest BCUT2D eigenvalue weighted by atomic mass is 16.5. The van der Waals surface area contributed by atoms with Crippen molar-refractivity contribution in [3.63, 3.8) is 0 Å². The summed E-state index contributed by atoms with van der Waals surface area (Å²) in [7, 11) is 0. The van der Waals surface area contributed by atoms with Gasteiger partial charge in [0.15, 0.2) is 5.60 Å². The van der Waals surface area contributed by atoms with Crippen LogP contribution >= 0.6 is 0 Å². The number of hydrogen-bond acceptors (Lipinski definition) is 4. The number of esters is 1. The molecular formula is C21H29NO5.